The first-order valence-electron chi connectivity index (χ1n) is 11.0. The highest BCUT2D eigenvalue weighted by atomic mass is 32.2. The number of nitrogens with zero attached hydrogens (tertiary/aromatic N) is 3. The van der Waals surface area contributed by atoms with Crippen LogP contribution in [0.3, 0.4) is 0 Å². The number of nitrogens with two attached hydrogens (primary N) is 1. The third-order valence-electron chi connectivity index (χ3n) is 5.97. The van der Waals surface area contributed by atoms with Crippen molar-refractivity contribution in [3.05, 3.63) is 72.6 Å². The van der Waals surface area contributed by atoms with E-state index in [-0.39, 0.29) is 16.8 Å². The quantitative estimate of drug-likeness (QED) is 0.382. The number of hydrogen-bond donors (Lipinski definition) is 3. The first kappa shape index (κ1) is 22.1. The molecule has 174 valence electrons. The highest BCUT2D eigenvalue weighted by Gasteiger charge is 2.26. The van der Waals surface area contributed by atoms with Gasteiger partial charge in [0.15, 0.2) is 0 Å². The van der Waals surface area contributed by atoms with Crippen molar-refractivity contribution in [1.82, 2.24) is 14.5 Å². The number of sulfonamides is 1. The molecule has 9 nitrogen and oxygen atoms in total. The number of primary sulfonamides is 1. The lowest BCUT2D eigenvalue weighted by molar-refractivity contribution is 0.101. The van der Waals surface area contributed by atoms with Gasteiger partial charge >= 0.3 is 0 Å². The van der Waals surface area contributed by atoms with Gasteiger partial charge in [-0.25, -0.2) is 18.5 Å². The van der Waals surface area contributed by atoms with Crippen LogP contribution in [0, 0.1) is 0 Å². The summed E-state index contributed by atoms with van der Waals surface area (Å²) in [6.45, 7) is 0. The van der Waals surface area contributed by atoms with E-state index in [1.54, 1.807) is 18.3 Å². The van der Waals surface area contributed by atoms with Crippen molar-refractivity contribution >= 4 is 44.3 Å². The average molecular weight is 477 g/mol. The maximum atomic E-state index is 13.2. The smallest absolute Gasteiger partial charge is 0.272 e. The largest absolute Gasteiger partial charge is 0.324 e. The normalized spacial score (nSPS) is 14.4. The predicted octanol–water partition coefficient (Wildman–Crippen LogP) is 4.19. The maximum absolute atomic E-state index is 13.2. The molecule has 2 aromatic heterocycles. The molecule has 1 aliphatic rings. The molecule has 2 heterocycles. The lowest BCUT2D eigenvalue weighted by atomic mass is 10.2. The van der Waals surface area contributed by atoms with Gasteiger partial charge in [-0.3, -0.25) is 4.79 Å². The van der Waals surface area contributed by atoms with Gasteiger partial charge in [0.1, 0.15) is 11.3 Å². The fourth-order valence-electron chi connectivity index (χ4n) is 4.35. The molecule has 34 heavy (non-hydrogen) atoms. The highest BCUT2D eigenvalue weighted by Crippen LogP contribution is 2.35. The Balaban J connectivity index is 1.49. The number of hydrogen-bond acceptors (Lipinski definition) is 6. The lowest BCUT2D eigenvalue weighted by Gasteiger charge is -2.17. The summed E-state index contributed by atoms with van der Waals surface area (Å²) in [5.41, 5.74) is 2.58. The summed E-state index contributed by atoms with van der Waals surface area (Å²) < 4.78 is 25.0. The number of benzene rings is 2. The van der Waals surface area contributed by atoms with Gasteiger partial charge in [-0.2, -0.15) is 4.98 Å². The Labute approximate surface area is 197 Å². The summed E-state index contributed by atoms with van der Waals surface area (Å²) in [5.74, 6) is 0.160. The average Bonchev–Trinajstić information content (AvgIpc) is 3.47. The van der Waals surface area contributed by atoms with Crippen LogP contribution in [-0.4, -0.2) is 28.9 Å². The second-order valence-corrected chi connectivity index (χ2v) is 9.89. The van der Waals surface area contributed by atoms with Crippen molar-refractivity contribution in [2.24, 2.45) is 5.14 Å². The van der Waals surface area contributed by atoms with Crippen LogP contribution in [0.25, 0.3) is 11.0 Å². The van der Waals surface area contributed by atoms with Crippen LogP contribution >= 0.6 is 0 Å². The van der Waals surface area contributed by atoms with Gasteiger partial charge in [-0.1, -0.05) is 31.0 Å². The second-order valence-electron chi connectivity index (χ2n) is 8.32. The summed E-state index contributed by atoms with van der Waals surface area (Å²) in [6, 6.07) is 17.4. The Kier molecular flexibility index (Phi) is 5.76. The number of carbonyl (C=O) groups excluding carboxylic acids is 1. The molecule has 2 aromatic carbocycles. The highest BCUT2D eigenvalue weighted by molar-refractivity contribution is 7.89. The molecule has 4 N–H and O–H groups in total. The van der Waals surface area contributed by atoms with Gasteiger partial charge in [-0.05, 0) is 55.3 Å². The number of anilines is 3. The van der Waals surface area contributed by atoms with Gasteiger partial charge in [0.25, 0.3) is 5.91 Å². The molecule has 1 amide bonds. The molecule has 0 spiro atoms. The Morgan fingerprint density at radius 1 is 1.00 bits per heavy atom. The first-order chi connectivity index (χ1) is 16.4. The van der Waals surface area contributed by atoms with Gasteiger partial charge in [0.2, 0.25) is 16.0 Å². The zero-order chi connectivity index (χ0) is 23.7. The van der Waals surface area contributed by atoms with Gasteiger partial charge in [0, 0.05) is 29.0 Å². The third kappa shape index (κ3) is 4.50. The van der Waals surface area contributed by atoms with E-state index >= 15 is 0 Å². The molecule has 4 aromatic rings. The van der Waals surface area contributed by atoms with Crippen LogP contribution in [0.4, 0.5) is 17.3 Å². The SMILES string of the molecule is NS(=O)(=O)c1ccc(Nc2ncc3cc(C(=O)Nc4ccccc4)n(C4CCCC4)c3n2)cc1. The standard InChI is InChI=1S/C24H24N6O3S/c25-34(32,33)20-12-10-18(11-13-20)28-24-26-15-16-14-21(23(31)27-17-6-2-1-3-7-17)30(22(16)29-24)19-8-4-5-9-19/h1-3,6-7,10-15,19H,4-5,8-9H2,(H,27,31)(H2,25,32,33)(H,26,28,29). The van der Waals surface area contributed by atoms with Crippen molar-refractivity contribution in [3.63, 3.8) is 0 Å². The van der Waals surface area contributed by atoms with Crippen LogP contribution < -0.4 is 15.8 Å². The number of nitrogens with one attached hydrogen (secondary N) is 2. The van der Waals surface area contributed by atoms with Crippen LogP contribution in [0.2, 0.25) is 0 Å². The van der Waals surface area contributed by atoms with E-state index in [1.807, 2.05) is 41.0 Å². The predicted molar refractivity (Wildman–Crippen MR) is 131 cm³/mol. The minimum absolute atomic E-state index is 0.0265. The van der Waals surface area contributed by atoms with E-state index in [0.29, 0.717) is 23.0 Å². The number of para-hydroxylation sites is 1. The molecule has 5 rings (SSSR count). The van der Waals surface area contributed by atoms with E-state index in [0.717, 1.165) is 36.8 Å². The monoisotopic (exact) mass is 476 g/mol. The summed E-state index contributed by atoms with van der Waals surface area (Å²) in [4.78, 5) is 22.3. The first-order valence-corrected chi connectivity index (χ1v) is 12.6. The summed E-state index contributed by atoms with van der Waals surface area (Å²) in [7, 11) is -3.76. The number of carbonyl (C=O) groups is 1. The molecule has 0 aliphatic heterocycles. The van der Waals surface area contributed by atoms with Crippen LogP contribution in [0.5, 0.6) is 0 Å². The molecule has 0 radical (unpaired) electrons. The third-order valence-corrected chi connectivity index (χ3v) is 6.90. The fourth-order valence-corrected chi connectivity index (χ4v) is 4.86. The molecule has 1 aliphatic carbocycles. The van der Waals surface area contributed by atoms with Gasteiger partial charge in [-0.15, -0.1) is 0 Å². The van der Waals surface area contributed by atoms with Crippen LogP contribution in [-0.2, 0) is 10.0 Å². The summed E-state index contributed by atoms with van der Waals surface area (Å²) >= 11 is 0. The van der Waals surface area contributed by atoms with E-state index in [4.69, 9.17) is 10.1 Å². The number of aromatic nitrogens is 3. The molecule has 10 heteroatoms. The summed E-state index contributed by atoms with van der Waals surface area (Å²) in [6.07, 6.45) is 5.87. The second kappa shape index (κ2) is 8.88. The Morgan fingerprint density at radius 3 is 2.38 bits per heavy atom. The van der Waals surface area contributed by atoms with Crippen LogP contribution in [0.15, 0.2) is 71.8 Å². The fraction of sp³-hybridized carbons (Fsp3) is 0.208. The lowest BCUT2D eigenvalue weighted by Crippen LogP contribution is -2.19. The molecule has 0 atom stereocenters. The van der Waals surface area contributed by atoms with Crippen molar-refractivity contribution in [1.29, 1.82) is 0 Å². The number of amides is 1. The number of fused-ring (bicyclic) bond motifs is 1. The molecule has 1 saturated carbocycles. The molecule has 1 fully saturated rings. The molecule has 0 unspecified atom stereocenters. The zero-order valence-corrected chi connectivity index (χ0v) is 19.1. The van der Waals surface area contributed by atoms with Gasteiger partial charge in [0.05, 0.1) is 4.90 Å². The van der Waals surface area contributed by atoms with E-state index in [1.165, 1.54) is 12.1 Å². The molecular formula is C24H24N6O3S. The maximum Gasteiger partial charge on any atom is 0.272 e. The van der Waals surface area contributed by atoms with E-state index < -0.39 is 10.0 Å². The van der Waals surface area contributed by atoms with Crippen molar-refractivity contribution in [3.8, 4) is 0 Å². The summed E-state index contributed by atoms with van der Waals surface area (Å²) in [5, 5.41) is 12.0. The Morgan fingerprint density at radius 2 is 1.71 bits per heavy atom. The van der Waals surface area contributed by atoms with Crippen molar-refractivity contribution in [2.45, 2.75) is 36.6 Å². The van der Waals surface area contributed by atoms with Crippen molar-refractivity contribution < 1.29 is 13.2 Å². The Hall–Kier alpha value is -3.76. The molecule has 0 saturated heterocycles. The molecular weight excluding hydrogens is 452 g/mol. The Bertz CT molecular complexity index is 1440. The van der Waals surface area contributed by atoms with E-state index in [9.17, 15) is 13.2 Å². The number of rotatable bonds is 6. The minimum atomic E-state index is -3.76. The van der Waals surface area contributed by atoms with Crippen molar-refractivity contribution in [2.75, 3.05) is 10.6 Å². The topological polar surface area (TPSA) is 132 Å². The zero-order valence-electron chi connectivity index (χ0n) is 18.3. The molecule has 0 bridgehead atoms. The minimum Gasteiger partial charge on any atom is -0.324 e. The van der Waals surface area contributed by atoms with E-state index in [2.05, 4.69) is 15.6 Å². The van der Waals surface area contributed by atoms with Gasteiger partial charge < -0.3 is 15.2 Å². The van der Waals surface area contributed by atoms with Crippen LogP contribution in [0.1, 0.15) is 42.2 Å².